The Morgan fingerprint density at radius 1 is 1.26 bits per heavy atom. The number of rotatable bonds is 6. The minimum Gasteiger partial charge on any atom is -0.379 e. The van der Waals surface area contributed by atoms with E-state index in [1.807, 2.05) is 20.9 Å². The second-order valence-corrected chi connectivity index (χ2v) is 5.34. The molecule has 1 heterocycles. The number of likely N-dealkylation sites (N-methyl/N-ethyl adjacent to an activating group) is 2. The van der Waals surface area contributed by atoms with Crippen LogP contribution < -0.4 is 16.0 Å². The molecule has 1 fully saturated rings. The lowest BCUT2D eigenvalue weighted by molar-refractivity contribution is -0.131. The van der Waals surface area contributed by atoms with E-state index in [0.29, 0.717) is 25.6 Å². The lowest BCUT2D eigenvalue weighted by atomic mass is 9.99. The number of hydrogen-bond donors (Lipinski definition) is 3. The first kappa shape index (κ1) is 15.9. The molecule has 0 spiro atoms. The van der Waals surface area contributed by atoms with Crippen LogP contribution in [0.25, 0.3) is 0 Å². The minimum absolute atomic E-state index is 0.0180. The number of carbonyl (C=O) groups is 2. The van der Waals surface area contributed by atoms with Crippen molar-refractivity contribution in [2.75, 3.05) is 27.3 Å². The van der Waals surface area contributed by atoms with Gasteiger partial charge in [0.05, 0.1) is 19.1 Å². The van der Waals surface area contributed by atoms with Gasteiger partial charge in [-0.1, -0.05) is 13.8 Å². The first-order valence-corrected chi connectivity index (χ1v) is 6.76. The lowest BCUT2D eigenvalue weighted by Crippen LogP contribution is -2.51. The zero-order chi connectivity index (χ0) is 14.4. The van der Waals surface area contributed by atoms with Crippen LogP contribution in [0.1, 0.15) is 20.3 Å². The van der Waals surface area contributed by atoms with Gasteiger partial charge in [0, 0.05) is 13.1 Å². The van der Waals surface area contributed by atoms with Crippen molar-refractivity contribution in [2.24, 2.45) is 11.8 Å². The van der Waals surface area contributed by atoms with Gasteiger partial charge in [-0.2, -0.15) is 0 Å². The molecule has 3 N–H and O–H groups in total. The number of nitrogens with one attached hydrogen (secondary N) is 3. The van der Waals surface area contributed by atoms with Crippen molar-refractivity contribution >= 4 is 11.8 Å². The average Bonchev–Trinajstić information content (AvgIpc) is 2.84. The molecule has 0 radical (unpaired) electrons. The third-order valence-electron chi connectivity index (χ3n) is 3.37. The molecule has 6 nitrogen and oxygen atoms in total. The van der Waals surface area contributed by atoms with Crippen molar-refractivity contribution in [3.63, 3.8) is 0 Å². The van der Waals surface area contributed by atoms with Crippen LogP contribution in [-0.2, 0) is 14.3 Å². The van der Waals surface area contributed by atoms with Gasteiger partial charge in [-0.15, -0.1) is 0 Å². The number of ether oxygens (including phenoxy) is 1. The monoisotopic (exact) mass is 271 g/mol. The maximum Gasteiger partial charge on any atom is 0.242 e. The van der Waals surface area contributed by atoms with Gasteiger partial charge in [-0.05, 0) is 19.4 Å². The van der Waals surface area contributed by atoms with Gasteiger partial charge in [0.25, 0.3) is 0 Å². The van der Waals surface area contributed by atoms with Crippen LogP contribution in [0.3, 0.4) is 0 Å². The van der Waals surface area contributed by atoms with Crippen LogP contribution in [0, 0.1) is 11.8 Å². The number of hydrogen-bond acceptors (Lipinski definition) is 4. The first-order valence-electron chi connectivity index (χ1n) is 6.76. The quantitative estimate of drug-likeness (QED) is 0.608. The summed E-state index contributed by atoms with van der Waals surface area (Å²) >= 11 is 0. The molecule has 3 unspecified atom stereocenters. The zero-order valence-corrected chi connectivity index (χ0v) is 12.2. The van der Waals surface area contributed by atoms with Gasteiger partial charge in [0.1, 0.15) is 6.04 Å². The van der Waals surface area contributed by atoms with E-state index in [4.69, 9.17) is 4.74 Å². The lowest BCUT2D eigenvalue weighted by Gasteiger charge is -2.22. The molecule has 0 aliphatic carbocycles. The molecule has 1 aliphatic rings. The van der Waals surface area contributed by atoms with Crippen molar-refractivity contribution in [1.82, 2.24) is 16.0 Å². The number of amides is 2. The van der Waals surface area contributed by atoms with Gasteiger partial charge >= 0.3 is 0 Å². The van der Waals surface area contributed by atoms with E-state index in [9.17, 15) is 9.59 Å². The van der Waals surface area contributed by atoms with Gasteiger partial charge in [-0.3, -0.25) is 9.59 Å². The van der Waals surface area contributed by atoms with E-state index in [1.165, 1.54) is 0 Å². The summed E-state index contributed by atoms with van der Waals surface area (Å²) < 4.78 is 5.31. The summed E-state index contributed by atoms with van der Waals surface area (Å²) in [6.45, 7) is 4.98. The Labute approximate surface area is 114 Å². The Morgan fingerprint density at radius 3 is 2.47 bits per heavy atom. The molecule has 0 aromatic heterocycles. The smallest absolute Gasteiger partial charge is 0.242 e. The number of carbonyl (C=O) groups excluding carboxylic acids is 2. The van der Waals surface area contributed by atoms with Crippen LogP contribution in [-0.4, -0.2) is 51.2 Å². The second kappa shape index (κ2) is 7.45. The standard InChI is InChI=1S/C13H25N3O3/c1-8(2)5-10(13(18)15-4)16-12(17)9-6-19-7-11(9)14-3/h8-11,14H,5-7H2,1-4H3,(H,15,18)(H,16,17). The molecule has 0 saturated carbocycles. The topological polar surface area (TPSA) is 79.5 Å². The maximum atomic E-state index is 12.2. The second-order valence-electron chi connectivity index (χ2n) is 5.34. The van der Waals surface area contributed by atoms with Gasteiger partial charge < -0.3 is 20.7 Å². The summed E-state index contributed by atoms with van der Waals surface area (Å²) in [5.74, 6) is -0.167. The average molecular weight is 271 g/mol. The maximum absolute atomic E-state index is 12.2. The minimum atomic E-state index is -0.476. The third-order valence-corrected chi connectivity index (χ3v) is 3.37. The zero-order valence-electron chi connectivity index (χ0n) is 12.2. The normalized spacial score (nSPS) is 24.3. The van der Waals surface area contributed by atoms with Crippen molar-refractivity contribution in [3.8, 4) is 0 Å². The molecular weight excluding hydrogens is 246 g/mol. The predicted molar refractivity (Wildman–Crippen MR) is 72.6 cm³/mol. The molecule has 1 rings (SSSR count). The Kier molecular flexibility index (Phi) is 6.24. The third kappa shape index (κ3) is 4.47. The predicted octanol–water partition coefficient (Wildman–Crippen LogP) is -0.502. The van der Waals surface area contributed by atoms with Crippen molar-refractivity contribution in [1.29, 1.82) is 0 Å². The molecule has 19 heavy (non-hydrogen) atoms. The molecule has 1 aliphatic heterocycles. The van der Waals surface area contributed by atoms with Crippen LogP contribution >= 0.6 is 0 Å². The highest BCUT2D eigenvalue weighted by Crippen LogP contribution is 2.14. The first-order chi connectivity index (χ1) is 8.99. The molecule has 6 heteroatoms. The molecule has 110 valence electrons. The van der Waals surface area contributed by atoms with E-state index < -0.39 is 6.04 Å². The Bertz CT molecular complexity index is 320. The highest BCUT2D eigenvalue weighted by Gasteiger charge is 2.34. The molecule has 0 bridgehead atoms. The highest BCUT2D eigenvalue weighted by molar-refractivity contribution is 5.88. The Morgan fingerprint density at radius 2 is 1.95 bits per heavy atom. The fraction of sp³-hybridized carbons (Fsp3) is 0.846. The summed E-state index contributed by atoms with van der Waals surface area (Å²) in [6.07, 6.45) is 0.628. The fourth-order valence-corrected chi connectivity index (χ4v) is 2.25. The molecular formula is C13H25N3O3. The van der Waals surface area contributed by atoms with Gasteiger partial charge in [0.2, 0.25) is 11.8 Å². The molecule has 0 aromatic carbocycles. The van der Waals surface area contributed by atoms with Crippen LogP contribution in [0.4, 0.5) is 0 Å². The SMILES string of the molecule is CNC(=O)C(CC(C)C)NC(=O)C1COCC1NC. The van der Waals surface area contributed by atoms with E-state index >= 15 is 0 Å². The molecule has 0 aromatic rings. The van der Waals surface area contributed by atoms with Gasteiger partial charge in [-0.25, -0.2) is 0 Å². The summed E-state index contributed by atoms with van der Waals surface area (Å²) in [5, 5.41) is 8.49. The van der Waals surface area contributed by atoms with Crippen molar-refractivity contribution in [2.45, 2.75) is 32.4 Å². The molecule has 1 saturated heterocycles. The fourth-order valence-electron chi connectivity index (χ4n) is 2.25. The summed E-state index contributed by atoms with van der Waals surface area (Å²) in [4.78, 5) is 24.0. The summed E-state index contributed by atoms with van der Waals surface area (Å²) in [6, 6.07) is -0.458. The molecule has 3 atom stereocenters. The highest BCUT2D eigenvalue weighted by atomic mass is 16.5. The van der Waals surface area contributed by atoms with Crippen LogP contribution in [0.2, 0.25) is 0 Å². The van der Waals surface area contributed by atoms with Crippen LogP contribution in [0.5, 0.6) is 0 Å². The van der Waals surface area contributed by atoms with Crippen LogP contribution in [0.15, 0.2) is 0 Å². The van der Waals surface area contributed by atoms with E-state index in [2.05, 4.69) is 16.0 Å². The Balaban J connectivity index is 2.62. The van der Waals surface area contributed by atoms with E-state index in [1.54, 1.807) is 7.05 Å². The van der Waals surface area contributed by atoms with E-state index in [-0.39, 0.29) is 23.8 Å². The molecule has 2 amide bonds. The Hall–Kier alpha value is -1.14. The largest absolute Gasteiger partial charge is 0.379 e. The summed E-state index contributed by atoms with van der Waals surface area (Å²) in [7, 11) is 3.39. The van der Waals surface area contributed by atoms with E-state index in [0.717, 1.165) is 0 Å². The van der Waals surface area contributed by atoms with Gasteiger partial charge in [0.15, 0.2) is 0 Å². The van der Waals surface area contributed by atoms with Crippen molar-refractivity contribution < 1.29 is 14.3 Å². The summed E-state index contributed by atoms with van der Waals surface area (Å²) in [5.41, 5.74) is 0. The van der Waals surface area contributed by atoms with Crippen molar-refractivity contribution in [3.05, 3.63) is 0 Å².